The fraction of sp³-hybridized carbons (Fsp3) is 0.533. The number of amides is 1. The Kier molecular flexibility index (Phi) is 5.70. The normalized spacial score (nSPS) is 17.1. The molecule has 20 heavy (non-hydrogen) atoms. The Morgan fingerprint density at radius 1 is 1.30 bits per heavy atom. The Balaban J connectivity index is 1.87. The van der Waals surface area contributed by atoms with Crippen LogP contribution in [0.5, 0.6) is 0 Å². The summed E-state index contributed by atoms with van der Waals surface area (Å²) in [5.41, 5.74) is 0.961. The minimum absolute atomic E-state index is 0.0218. The topological polar surface area (TPSA) is 32.3 Å². The number of carbonyl (C=O) groups is 1. The van der Waals surface area contributed by atoms with Gasteiger partial charge in [0.2, 0.25) is 5.91 Å². The van der Waals surface area contributed by atoms with Crippen LogP contribution in [0.1, 0.15) is 37.8 Å². The predicted octanol–water partition coefficient (Wildman–Crippen LogP) is 3.66. The van der Waals surface area contributed by atoms with Crippen molar-refractivity contribution in [1.29, 1.82) is 0 Å². The van der Waals surface area contributed by atoms with Crippen molar-refractivity contribution in [3.05, 3.63) is 33.8 Å². The smallest absolute Gasteiger partial charge is 0.236 e. The number of halogens is 2. The van der Waals surface area contributed by atoms with Crippen LogP contribution < -0.4 is 5.32 Å². The summed E-state index contributed by atoms with van der Waals surface area (Å²) >= 11 is 12.1. The van der Waals surface area contributed by atoms with Crippen LogP contribution >= 0.6 is 23.2 Å². The lowest BCUT2D eigenvalue weighted by atomic mass is 10.1. The Morgan fingerprint density at radius 3 is 2.65 bits per heavy atom. The van der Waals surface area contributed by atoms with E-state index in [0.717, 1.165) is 31.5 Å². The lowest BCUT2D eigenvalue weighted by Crippen LogP contribution is -2.41. The molecule has 1 fully saturated rings. The summed E-state index contributed by atoms with van der Waals surface area (Å²) < 4.78 is 0. The van der Waals surface area contributed by atoms with E-state index in [0.29, 0.717) is 16.6 Å². The van der Waals surface area contributed by atoms with E-state index in [1.807, 2.05) is 24.0 Å². The van der Waals surface area contributed by atoms with Crippen LogP contribution in [-0.2, 0) is 4.79 Å². The van der Waals surface area contributed by atoms with E-state index in [1.165, 1.54) is 6.42 Å². The summed E-state index contributed by atoms with van der Waals surface area (Å²) in [7, 11) is 0. The van der Waals surface area contributed by atoms with Gasteiger partial charge in [0, 0.05) is 29.2 Å². The first-order valence-corrected chi connectivity index (χ1v) is 7.79. The second-order valence-electron chi connectivity index (χ2n) is 5.21. The molecule has 1 atom stereocenters. The standard InChI is InChI=1S/C15H20Cl2N2O/c1-11(13-6-5-12(16)9-14(13)17)18-10-15(20)19-7-3-2-4-8-19/h5-6,9,11,18H,2-4,7-8,10H2,1H3. The summed E-state index contributed by atoms with van der Waals surface area (Å²) in [6.45, 7) is 4.12. The van der Waals surface area contributed by atoms with Crippen LogP contribution in [0.25, 0.3) is 0 Å². The molecular formula is C15H20Cl2N2O. The van der Waals surface area contributed by atoms with Gasteiger partial charge in [0.05, 0.1) is 6.54 Å². The Bertz CT molecular complexity index is 473. The molecule has 1 N–H and O–H groups in total. The molecule has 1 amide bonds. The van der Waals surface area contributed by atoms with Crippen molar-refractivity contribution in [2.24, 2.45) is 0 Å². The summed E-state index contributed by atoms with van der Waals surface area (Å²) in [6.07, 6.45) is 3.46. The summed E-state index contributed by atoms with van der Waals surface area (Å²) in [6, 6.07) is 5.46. The highest BCUT2D eigenvalue weighted by Crippen LogP contribution is 2.25. The molecule has 0 aromatic heterocycles. The van der Waals surface area contributed by atoms with Gasteiger partial charge >= 0.3 is 0 Å². The second kappa shape index (κ2) is 7.30. The van der Waals surface area contributed by atoms with Crippen LogP contribution in [-0.4, -0.2) is 30.4 Å². The summed E-state index contributed by atoms with van der Waals surface area (Å²) in [4.78, 5) is 14.0. The molecule has 1 aromatic carbocycles. The van der Waals surface area contributed by atoms with Crippen LogP contribution in [0.2, 0.25) is 10.0 Å². The first-order chi connectivity index (χ1) is 9.58. The van der Waals surface area contributed by atoms with E-state index in [4.69, 9.17) is 23.2 Å². The van der Waals surface area contributed by atoms with Gasteiger partial charge in [-0.2, -0.15) is 0 Å². The van der Waals surface area contributed by atoms with Gasteiger partial charge in [0.15, 0.2) is 0 Å². The van der Waals surface area contributed by atoms with Crippen LogP contribution in [0.4, 0.5) is 0 Å². The molecule has 0 spiro atoms. The third-order valence-electron chi connectivity index (χ3n) is 3.70. The molecule has 0 saturated carbocycles. The van der Waals surface area contributed by atoms with Gasteiger partial charge < -0.3 is 10.2 Å². The lowest BCUT2D eigenvalue weighted by Gasteiger charge is -2.27. The van der Waals surface area contributed by atoms with Crippen molar-refractivity contribution in [3.8, 4) is 0 Å². The second-order valence-corrected chi connectivity index (χ2v) is 6.05. The minimum atomic E-state index is 0.0218. The monoisotopic (exact) mass is 314 g/mol. The maximum atomic E-state index is 12.1. The highest BCUT2D eigenvalue weighted by molar-refractivity contribution is 6.35. The third-order valence-corrected chi connectivity index (χ3v) is 4.26. The van der Waals surface area contributed by atoms with E-state index >= 15 is 0 Å². The fourth-order valence-electron chi connectivity index (χ4n) is 2.46. The number of likely N-dealkylation sites (tertiary alicyclic amines) is 1. The lowest BCUT2D eigenvalue weighted by molar-refractivity contribution is -0.131. The zero-order valence-corrected chi connectivity index (χ0v) is 13.2. The molecule has 0 bridgehead atoms. The van der Waals surface area contributed by atoms with Gasteiger partial charge in [0.25, 0.3) is 0 Å². The van der Waals surface area contributed by atoms with E-state index in [9.17, 15) is 4.79 Å². The van der Waals surface area contributed by atoms with E-state index < -0.39 is 0 Å². The molecule has 110 valence electrons. The molecule has 1 aromatic rings. The fourth-order valence-corrected chi connectivity index (χ4v) is 3.03. The van der Waals surface area contributed by atoms with Crippen molar-refractivity contribution in [3.63, 3.8) is 0 Å². The highest BCUT2D eigenvalue weighted by atomic mass is 35.5. The molecule has 3 nitrogen and oxygen atoms in total. The number of carbonyl (C=O) groups excluding carboxylic acids is 1. The number of nitrogens with one attached hydrogen (secondary N) is 1. The number of hydrogen-bond donors (Lipinski definition) is 1. The molecular weight excluding hydrogens is 295 g/mol. The third kappa shape index (κ3) is 4.11. The Labute approximate surface area is 130 Å². The number of rotatable bonds is 4. The zero-order valence-electron chi connectivity index (χ0n) is 11.7. The molecule has 0 aliphatic carbocycles. The SMILES string of the molecule is CC(NCC(=O)N1CCCCC1)c1ccc(Cl)cc1Cl. The van der Waals surface area contributed by atoms with Crippen molar-refractivity contribution in [2.75, 3.05) is 19.6 Å². The van der Waals surface area contributed by atoms with E-state index in [1.54, 1.807) is 6.07 Å². The molecule has 2 rings (SSSR count). The summed E-state index contributed by atoms with van der Waals surface area (Å²) in [5.74, 6) is 0.168. The highest BCUT2D eigenvalue weighted by Gasteiger charge is 2.17. The molecule has 1 aliphatic heterocycles. The predicted molar refractivity (Wildman–Crippen MR) is 83.3 cm³/mol. The van der Waals surface area contributed by atoms with Crippen LogP contribution in [0.3, 0.4) is 0 Å². The van der Waals surface area contributed by atoms with Crippen molar-refractivity contribution >= 4 is 29.1 Å². The van der Waals surface area contributed by atoms with Gasteiger partial charge in [-0.05, 0) is 43.9 Å². The van der Waals surface area contributed by atoms with Gasteiger partial charge in [-0.1, -0.05) is 29.3 Å². The summed E-state index contributed by atoms with van der Waals surface area (Å²) in [5, 5.41) is 4.49. The first kappa shape index (κ1) is 15.6. The molecule has 1 aliphatic rings. The van der Waals surface area contributed by atoms with Gasteiger partial charge in [-0.3, -0.25) is 4.79 Å². The van der Waals surface area contributed by atoms with Crippen LogP contribution in [0.15, 0.2) is 18.2 Å². The molecule has 1 heterocycles. The largest absolute Gasteiger partial charge is 0.342 e. The molecule has 1 unspecified atom stereocenters. The maximum absolute atomic E-state index is 12.1. The van der Waals surface area contributed by atoms with Crippen molar-refractivity contribution in [1.82, 2.24) is 10.2 Å². The molecule has 5 heteroatoms. The average Bonchev–Trinajstić information content (AvgIpc) is 2.45. The van der Waals surface area contributed by atoms with E-state index in [-0.39, 0.29) is 11.9 Å². The van der Waals surface area contributed by atoms with E-state index in [2.05, 4.69) is 5.32 Å². The first-order valence-electron chi connectivity index (χ1n) is 7.04. The zero-order chi connectivity index (χ0) is 14.5. The molecule has 1 saturated heterocycles. The Morgan fingerprint density at radius 2 is 2.00 bits per heavy atom. The number of benzene rings is 1. The van der Waals surface area contributed by atoms with Gasteiger partial charge in [0.1, 0.15) is 0 Å². The Hall–Kier alpha value is -0.770. The minimum Gasteiger partial charge on any atom is -0.342 e. The van der Waals surface area contributed by atoms with Gasteiger partial charge in [-0.15, -0.1) is 0 Å². The van der Waals surface area contributed by atoms with Crippen molar-refractivity contribution < 1.29 is 4.79 Å². The van der Waals surface area contributed by atoms with Gasteiger partial charge in [-0.25, -0.2) is 0 Å². The maximum Gasteiger partial charge on any atom is 0.236 e. The van der Waals surface area contributed by atoms with Crippen molar-refractivity contribution in [2.45, 2.75) is 32.2 Å². The number of piperidine rings is 1. The quantitative estimate of drug-likeness (QED) is 0.920. The average molecular weight is 315 g/mol. The number of nitrogens with zero attached hydrogens (tertiary/aromatic N) is 1. The number of hydrogen-bond acceptors (Lipinski definition) is 2. The van der Waals surface area contributed by atoms with Crippen LogP contribution in [0, 0.1) is 0 Å². The molecule has 0 radical (unpaired) electrons.